The van der Waals surface area contributed by atoms with Gasteiger partial charge in [0.15, 0.2) is 5.78 Å². The number of rotatable bonds is 6. The van der Waals surface area contributed by atoms with Crippen molar-refractivity contribution in [3.8, 4) is 0 Å². The molecule has 2 aliphatic rings. The van der Waals surface area contributed by atoms with Gasteiger partial charge in [-0.25, -0.2) is 15.4 Å². The number of pyridine rings is 2. The van der Waals surface area contributed by atoms with E-state index in [2.05, 4.69) is 20.2 Å². The number of carbonyl (C=O) groups excluding carboxylic acids is 2. The molecule has 0 bridgehead atoms. The van der Waals surface area contributed by atoms with Crippen LogP contribution in [0.15, 0.2) is 29.3 Å². The SMILES string of the molecule is CC(=O)c1c(C)c2cnc(Nc3ccc(N4CCC(C(=O)NO)CC4)cn3)nc2n(C2CCCC2)c1=O. The average Bonchev–Trinajstić information content (AvgIpc) is 3.43. The zero-order valence-electron chi connectivity index (χ0n) is 21.0. The van der Waals surface area contributed by atoms with Gasteiger partial charge in [0, 0.05) is 36.6 Å². The molecule has 2 fully saturated rings. The van der Waals surface area contributed by atoms with Crippen LogP contribution in [-0.2, 0) is 4.79 Å². The van der Waals surface area contributed by atoms with Crippen molar-refractivity contribution in [3.05, 3.63) is 46.0 Å². The van der Waals surface area contributed by atoms with E-state index in [1.807, 2.05) is 12.1 Å². The molecule has 0 radical (unpaired) electrons. The van der Waals surface area contributed by atoms with Gasteiger partial charge in [0.2, 0.25) is 11.9 Å². The average molecular weight is 506 g/mol. The molecule has 3 N–H and O–H groups in total. The lowest BCUT2D eigenvalue weighted by molar-refractivity contribution is -0.134. The minimum atomic E-state index is -0.334. The Labute approximate surface area is 213 Å². The van der Waals surface area contributed by atoms with Crippen LogP contribution in [0.5, 0.6) is 0 Å². The molecule has 11 heteroatoms. The van der Waals surface area contributed by atoms with Crippen LogP contribution in [0.25, 0.3) is 11.0 Å². The molecule has 1 amide bonds. The van der Waals surface area contributed by atoms with Gasteiger partial charge in [0.1, 0.15) is 11.5 Å². The summed E-state index contributed by atoms with van der Waals surface area (Å²) in [6.45, 7) is 4.59. The summed E-state index contributed by atoms with van der Waals surface area (Å²) < 4.78 is 1.69. The number of aromatic nitrogens is 4. The molecule has 0 atom stereocenters. The van der Waals surface area contributed by atoms with Crippen LogP contribution >= 0.6 is 0 Å². The van der Waals surface area contributed by atoms with E-state index in [-0.39, 0.29) is 34.8 Å². The molecule has 1 aliphatic carbocycles. The lowest BCUT2D eigenvalue weighted by Gasteiger charge is -2.32. The number of amides is 1. The number of hydrogen-bond donors (Lipinski definition) is 3. The Bertz CT molecular complexity index is 1390. The molecule has 0 spiro atoms. The first-order valence-electron chi connectivity index (χ1n) is 12.7. The van der Waals surface area contributed by atoms with Crippen molar-refractivity contribution < 1.29 is 14.8 Å². The summed E-state index contributed by atoms with van der Waals surface area (Å²) >= 11 is 0. The normalized spacial score (nSPS) is 16.8. The summed E-state index contributed by atoms with van der Waals surface area (Å²) in [5.41, 5.74) is 3.75. The van der Waals surface area contributed by atoms with Gasteiger partial charge >= 0.3 is 0 Å². The highest BCUT2D eigenvalue weighted by molar-refractivity contribution is 5.99. The van der Waals surface area contributed by atoms with E-state index in [0.29, 0.717) is 54.3 Å². The van der Waals surface area contributed by atoms with Gasteiger partial charge in [-0.3, -0.25) is 24.2 Å². The van der Waals surface area contributed by atoms with Crippen molar-refractivity contribution in [2.24, 2.45) is 5.92 Å². The summed E-state index contributed by atoms with van der Waals surface area (Å²) in [4.78, 5) is 53.1. The van der Waals surface area contributed by atoms with E-state index in [4.69, 9.17) is 10.2 Å². The van der Waals surface area contributed by atoms with E-state index >= 15 is 0 Å². The molecule has 1 saturated heterocycles. The summed E-state index contributed by atoms with van der Waals surface area (Å²) in [6, 6.07) is 3.80. The van der Waals surface area contributed by atoms with Crippen LogP contribution in [0.4, 0.5) is 17.5 Å². The number of ketones is 1. The van der Waals surface area contributed by atoms with Gasteiger partial charge < -0.3 is 10.2 Å². The summed E-state index contributed by atoms with van der Waals surface area (Å²) in [7, 11) is 0. The number of nitrogens with zero attached hydrogens (tertiary/aromatic N) is 5. The van der Waals surface area contributed by atoms with E-state index in [1.165, 1.54) is 6.92 Å². The van der Waals surface area contributed by atoms with Gasteiger partial charge in [-0.2, -0.15) is 4.98 Å². The predicted octanol–water partition coefficient (Wildman–Crippen LogP) is 3.28. The molecule has 37 heavy (non-hydrogen) atoms. The standard InChI is InChI=1S/C26H31N7O4/c1-15-20-14-28-26(30-23(20)33(18-5-3-4-6-18)25(36)22(15)16(2)34)29-21-8-7-19(13-27-21)32-11-9-17(10-12-32)24(35)31-37/h7-8,13-14,17-18,37H,3-6,9-12H2,1-2H3,(H,31,35)(H,27,28,29,30). The molecule has 3 aromatic rings. The first-order valence-corrected chi connectivity index (χ1v) is 12.7. The number of hydroxylamine groups is 1. The quantitative estimate of drug-likeness (QED) is 0.261. The van der Waals surface area contributed by atoms with Crippen molar-refractivity contribution in [1.82, 2.24) is 25.0 Å². The third-order valence-corrected chi connectivity index (χ3v) is 7.58. The van der Waals surface area contributed by atoms with Crippen molar-refractivity contribution in [1.29, 1.82) is 0 Å². The van der Waals surface area contributed by atoms with E-state index < -0.39 is 0 Å². The van der Waals surface area contributed by atoms with Gasteiger partial charge in [-0.15, -0.1) is 0 Å². The second-order valence-corrected chi connectivity index (χ2v) is 9.86. The van der Waals surface area contributed by atoms with Gasteiger partial charge in [-0.1, -0.05) is 12.8 Å². The molecule has 0 aromatic carbocycles. The maximum atomic E-state index is 13.4. The second kappa shape index (κ2) is 10.3. The Morgan fingerprint density at radius 1 is 1.05 bits per heavy atom. The highest BCUT2D eigenvalue weighted by atomic mass is 16.5. The number of nitrogens with one attached hydrogen (secondary N) is 2. The Hall–Kier alpha value is -3.86. The highest BCUT2D eigenvalue weighted by Gasteiger charge is 2.27. The number of carbonyl (C=O) groups is 2. The fourth-order valence-corrected chi connectivity index (χ4v) is 5.56. The number of piperidine rings is 1. The van der Waals surface area contributed by atoms with Crippen molar-refractivity contribution in [2.75, 3.05) is 23.3 Å². The fourth-order valence-electron chi connectivity index (χ4n) is 5.56. The van der Waals surface area contributed by atoms with Crippen LogP contribution in [0, 0.1) is 12.8 Å². The summed E-state index contributed by atoms with van der Waals surface area (Å²) in [6.07, 6.45) is 8.59. The van der Waals surface area contributed by atoms with Crippen LogP contribution in [0.3, 0.4) is 0 Å². The third kappa shape index (κ3) is 4.78. The zero-order chi connectivity index (χ0) is 26.1. The number of aryl methyl sites for hydroxylation is 1. The Balaban J connectivity index is 1.40. The minimum absolute atomic E-state index is 0.0152. The molecule has 11 nitrogen and oxygen atoms in total. The Morgan fingerprint density at radius 3 is 2.41 bits per heavy atom. The van der Waals surface area contributed by atoms with Crippen molar-refractivity contribution in [2.45, 2.75) is 58.4 Å². The first-order chi connectivity index (χ1) is 17.9. The van der Waals surface area contributed by atoms with Crippen LogP contribution in [0.2, 0.25) is 0 Å². The van der Waals surface area contributed by atoms with Gasteiger partial charge in [0.25, 0.3) is 5.56 Å². The molecule has 194 valence electrons. The largest absolute Gasteiger partial charge is 0.370 e. The van der Waals surface area contributed by atoms with Crippen LogP contribution < -0.4 is 21.3 Å². The Kier molecular flexibility index (Phi) is 6.88. The number of fused-ring (bicyclic) bond motifs is 1. The third-order valence-electron chi connectivity index (χ3n) is 7.58. The predicted molar refractivity (Wildman–Crippen MR) is 138 cm³/mol. The molecule has 1 aliphatic heterocycles. The summed E-state index contributed by atoms with van der Waals surface area (Å²) in [5, 5.41) is 12.7. The molecular weight excluding hydrogens is 474 g/mol. The lowest BCUT2D eigenvalue weighted by Crippen LogP contribution is -2.39. The molecule has 4 heterocycles. The maximum Gasteiger partial charge on any atom is 0.263 e. The van der Waals surface area contributed by atoms with E-state index in [1.54, 1.807) is 29.4 Å². The summed E-state index contributed by atoms with van der Waals surface area (Å²) in [5.74, 6) is 0.119. The number of Topliss-reactive ketones (excluding diaryl/α,β-unsaturated/α-hetero) is 1. The monoisotopic (exact) mass is 505 g/mol. The van der Waals surface area contributed by atoms with E-state index in [0.717, 1.165) is 31.4 Å². The fraction of sp³-hybridized carbons (Fsp3) is 0.462. The zero-order valence-corrected chi connectivity index (χ0v) is 21.0. The number of anilines is 3. The number of hydrogen-bond acceptors (Lipinski definition) is 9. The van der Waals surface area contributed by atoms with Crippen LogP contribution in [0.1, 0.15) is 67.4 Å². The molecule has 1 saturated carbocycles. The molecular formula is C26H31N7O4. The second-order valence-electron chi connectivity index (χ2n) is 9.86. The highest BCUT2D eigenvalue weighted by Crippen LogP contribution is 2.32. The smallest absolute Gasteiger partial charge is 0.263 e. The molecule has 5 rings (SSSR count). The van der Waals surface area contributed by atoms with Crippen molar-refractivity contribution >= 4 is 40.2 Å². The van der Waals surface area contributed by atoms with E-state index in [9.17, 15) is 14.4 Å². The maximum absolute atomic E-state index is 13.4. The topological polar surface area (TPSA) is 142 Å². The minimum Gasteiger partial charge on any atom is -0.370 e. The molecule has 0 unspecified atom stereocenters. The van der Waals surface area contributed by atoms with Crippen LogP contribution in [-0.4, -0.2) is 49.5 Å². The Morgan fingerprint density at radius 2 is 1.78 bits per heavy atom. The van der Waals surface area contributed by atoms with Crippen molar-refractivity contribution in [3.63, 3.8) is 0 Å². The first kappa shape index (κ1) is 24.8. The van der Waals surface area contributed by atoms with Gasteiger partial charge in [-0.05, 0) is 57.2 Å². The lowest BCUT2D eigenvalue weighted by atomic mass is 9.96. The van der Waals surface area contributed by atoms with Gasteiger partial charge in [0.05, 0.1) is 17.4 Å². The molecule has 3 aromatic heterocycles.